The molecular formula is C13H12BrN3O. The molecule has 2 aromatic rings. The Morgan fingerprint density at radius 3 is 2.50 bits per heavy atom. The third-order valence-corrected chi connectivity index (χ3v) is 3.33. The van der Waals surface area contributed by atoms with Gasteiger partial charge in [0.2, 0.25) is 0 Å². The van der Waals surface area contributed by atoms with Gasteiger partial charge in [0.25, 0.3) is 5.91 Å². The predicted molar refractivity (Wildman–Crippen MR) is 73.6 cm³/mol. The summed E-state index contributed by atoms with van der Waals surface area (Å²) in [5, 5.41) is 2.80. The number of benzene rings is 1. The highest BCUT2D eigenvalue weighted by molar-refractivity contribution is 9.10. The number of halogens is 1. The van der Waals surface area contributed by atoms with Gasteiger partial charge in [-0.15, -0.1) is 0 Å². The van der Waals surface area contributed by atoms with Crippen molar-refractivity contribution in [2.75, 3.05) is 5.32 Å². The van der Waals surface area contributed by atoms with Gasteiger partial charge in [-0.3, -0.25) is 4.79 Å². The largest absolute Gasteiger partial charge is 0.322 e. The molecule has 0 aliphatic carbocycles. The summed E-state index contributed by atoms with van der Waals surface area (Å²) in [4.78, 5) is 19.9. The first-order valence-electron chi connectivity index (χ1n) is 5.42. The van der Waals surface area contributed by atoms with E-state index in [2.05, 4.69) is 31.2 Å². The molecule has 2 rings (SSSR count). The van der Waals surface area contributed by atoms with Crippen molar-refractivity contribution in [3.63, 3.8) is 0 Å². The number of hydrogen-bond acceptors (Lipinski definition) is 3. The molecule has 5 heteroatoms. The highest BCUT2D eigenvalue weighted by atomic mass is 79.9. The van der Waals surface area contributed by atoms with Crippen molar-refractivity contribution in [2.45, 2.75) is 13.8 Å². The monoisotopic (exact) mass is 305 g/mol. The number of amides is 1. The molecule has 0 saturated heterocycles. The molecule has 1 aromatic carbocycles. The van der Waals surface area contributed by atoms with Crippen molar-refractivity contribution >= 4 is 27.5 Å². The summed E-state index contributed by atoms with van der Waals surface area (Å²) in [6.45, 7) is 3.77. The summed E-state index contributed by atoms with van der Waals surface area (Å²) < 4.78 is 0.959. The molecular weight excluding hydrogens is 294 g/mol. The lowest BCUT2D eigenvalue weighted by Gasteiger charge is -2.06. The molecule has 0 bridgehead atoms. The van der Waals surface area contributed by atoms with Crippen LogP contribution in [0.3, 0.4) is 0 Å². The van der Waals surface area contributed by atoms with Crippen LogP contribution in [0.2, 0.25) is 0 Å². The number of aryl methyl sites for hydroxylation is 2. The van der Waals surface area contributed by atoms with Crippen LogP contribution in [0.5, 0.6) is 0 Å². The van der Waals surface area contributed by atoms with E-state index in [1.54, 1.807) is 6.92 Å². The maximum atomic E-state index is 11.9. The summed E-state index contributed by atoms with van der Waals surface area (Å²) in [5.41, 5.74) is 2.29. The lowest BCUT2D eigenvalue weighted by Crippen LogP contribution is -2.12. The molecule has 0 unspecified atom stereocenters. The van der Waals surface area contributed by atoms with Gasteiger partial charge in [0, 0.05) is 22.6 Å². The van der Waals surface area contributed by atoms with Crippen LogP contribution in [0.25, 0.3) is 0 Å². The molecule has 0 spiro atoms. The highest BCUT2D eigenvalue weighted by Gasteiger charge is 2.07. The lowest BCUT2D eigenvalue weighted by atomic mass is 10.2. The average molecular weight is 306 g/mol. The minimum atomic E-state index is -0.217. The Labute approximate surface area is 114 Å². The fourth-order valence-corrected chi connectivity index (χ4v) is 1.76. The fourth-order valence-electron chi connectivity index (χ4n) is 1.38. The Kier molecular flexibility index (Phi) is 3.72. The van der Waals surface area contributed by atoms with Gasteiger partial charge >= 0.3 is 0 Å². The van der Waals surface area contributed by atoms with Crippen LogP contribution in [0.1, 0.15) is 21.7 Å². The molecule has 0 aliphatic rings. The number of carbonyl (C=O) groups is 1. The first-order valence-corrected chi connectivity index (χ1v) is 6.22. The van der Waals surface area contributed by atoms with Gasteiger partial charge in [-0.25, -0.2) is 9.97 Å². The molecule has 0 aliphatic heterocycles. The van der Waals surface area contributed by atoms with E-state index in [0.29, 0.717) is 11.4 Å². The standard InChI is InChI=1S/C13H12BrN3O/c1-8-3-4-11(5-12(8)14)17-13(18)10-6-15-9(2)16-7-10/h3-7H,1-2H3,(H,17,18). The minimum Gasteiger partial charge on any atom is -0.322 e. The van der Waals surface area contributed by atoms with E-state index >= 15 is 0 Å². The molecule has 0 radical (unpaired) electrons. The van der Waals surface area contributed by atoms with Gasteiger partial charge in [0.1, 0.15) is 5.82 Å². The Balaban J connectivity index is 2.16. The van der Waals surface area contributed by atoms with Crippen molar-refractivity contribution in [3.05, 3.63) is 52.0 Å². The third-order valence-electron chi connectivity index (χ3n) is 2.47. The van der Waals surface area contributed by atoms with Crippen LogP contribution >= 0.6 is 15.9 Å². The second-order valence-corrected chi connectivity index (χ2v) is 4.79. The molecule has 0 fully saturated rings. The van der Waals surface area contributed by atoms with Gasteiger partial charge in [-0.2, -0.15) is 0 Å². The van der Waals surface area contributed by atoms with Gasteiger partial charge in [0.15, 0.2) is 0 Å². The summed E-state index contributed by atoms with van der Waals surface area (Å²) in [5.74, 6) is 0.426. The maximum absolute atomic E-state index is 11.9. The van der Waals surface area contributed by atoms with Crippen molar-refractivity contribution in [1.29, 1.82) is 0 Å². The first kappa shape index (κ1) is 12.7. The third kappa shape index (κ3) is 2.92. The average Bonchev–Trinajstić information content (AvgIpc) is 2.34. The summed E-state index contributed by atoms with van der Waals surface area (Å²) in [6, 6.07) is 5.65. The zero-order chi connectivity index (χ0) is 13.1. The van der Waals surface area contributed by atoms with E-state index in [9.17, 15) is 4.79 Å². The highest BCUT2D eigenvalue weighted by Crippen LogP contribution is 2.20. The minimum absolute atomic E-state index is 0.217. The number of nitrogens with one attached hydrogen (secondary N) is 1. The van der Waals surface area contributed by atoms with Crippen molar-refractivity contribution in [2.24, 2.45) is 0 Å². The van der Waals surface area contributed by atoms with Crippen molar-refractivity contribution in [1.82, 2.24) is 9.97 Å². The van der Waals surface area contributed by atoms with Crippen molar-refractivity contribution in [3.8, 4) is 0 Å². The van der Waals surface area contributed by atoms with E-state index in [-0.39, 0.29) is 5.91 Å². The number of carbonyl (C=O) groups excluding carboxylic acids is 1. The second-order valence-electron chi connectivity index (χ2n) is 3.94. The topological polar surface area (TPSA) is 54.9 Å². The Bertz CT molecular complexity index is 581. The molecule has 1 aromatic heterocycles. The maximum Gasteiger partial charge on any atom is 0.258 e. The summed E-state index contributed by atoms with van der Waals surface area (Å²) in [6.07, 6.45) is 3.03. The Morgan fingerprint density at radius 2 is 1.89 bits per heavy atom. The van der Waals surface area contributed by atoms with Gasteiger partial charge in [0.05, 0.1) is 5.56 Å². The van der Waals surface area contributed by atoms with E-state index in [4.69, 9.17) is 0 Å². The van der Waals surface area contributed by atoms with Crippen LogP contribution in [0, 0.1) is 13.8 Å². The van der Waals surface area contributed by atoms with Crippen LogP contribution in [0.4, 0.5) is 5.69 Å². The first-order chi connectivity index (χ1) is 8.56. The van der Waals surface area contributed by atoms with Crippen LogP contribution in [0.15, 0.2) is 35.1 Å². The molecule has 4 nitrogen and oxygen atoms in total. The van der Waals surface area contributed by atoms with E-state index in [0.717, 1.165) is 15.7 Å². The van der Waals surface area contributed by atoms with Gasteiger partial charge in [-0.05, 0) is 31.5 Å². The van der Waals surface area contributed by atoms with E-state index in [1.807, 2.05) is 25.1 Å². The number of nitrogens with zero attached hydrogens (tertiary/aromatic N) is 2. The zero-order valence-corrected chi connectivity index (χ0v) is 11.7. The summed E-state index contributed by atoms with van der Waals surface area (Å²) in [7, 11) is 0. The molecule has 92 valence electrons. The molecule has 0 atom stereocenters. The molecule has 18 heavy (non-hydrogen) atoms. The SMILES string of the molecule is Cc1ncc(C(=O)Nc2ccc(C)c(Br)c2)cn1. The fraction of sp³-hybridized carbons (Fsp3) is 0.154. The number of hydrogen-bond donors (Lipinski definition) is 1. The zero-order valence-electron chi connectivity index (χ0n) is 10.1. The van der Waals surface area contributed by atoms with Gasteiger partial charge in [-0.1, -0.05) is 22.0 Å². The Morgan fingerprint density at radius 1 is 1.22 bits per heavy atom. The number of aromatic nitrogens is 2. The molecule has 0 saturated carbocycles. The van der Waals surface area contributed by atoms with E-state index in [1.165, 1.54) is 12.4 Å². The predicted octanol–water partition coefficient (Wildman–Crippen LogP) is 3.11. The second kappa shape index (κ2) is 5.27. The van der Waals surface area contributed by atoms with Crippen LogP contribution in [-0.2, 0) is 0 Å². The quantitative estimate of drug-likeness (QED) is 0.927. The number of rotatable bonds is 2. The molecule has 1 heterocycles. The number of anilines is 1. The van der Waals surface area contributed by atoms with E-state index < -0.39 is 0 Å². The van der Waals surface area contributed by atoms with Crippen LogP contribution < -0.4 is 5.32 Å². The summed E-state index contributed by atoms with van der Waals surface area (Å²) >= 11 is 3.43. The smallest absolute Gasteiger partial charge is 0.258 e. The van der Waals surface area contributed by atoms with Gasteiger partial charge < -0.3 is 5.32 Å². The normalized spacial score (nSPS) is 10.2. The van der Waals surface area contributed by atoms with Crippen LogP contribution in [-0.4, -0.2) is 15.9 Å². The molecule has 1 N–H and O–H groups in total. The van der Waals surface area contributed by atoms with Crippen molar-refractivity contribution < 1.29 is 4.79 Å². The Hall–Kier alpha value is -1.75. The molecule has 1 amide bonds. The lowest BCUT2D eigenvalue weighted by molar-refractivity contribution is 0.102.